The first-order chi connectivity index (χ1) is 16.8. The van der Waals surface area contributed by atoms with E-state index >= 15 is 0 Å². The quantitative estimate of drug-likeness (QED) is 0.323. The second-order valence-electron chi connectivity index (χ2n) is 8.59. The van der Waals surface area contributed by atoms with Gasteiger partial charge in [0.15, 0.2) is 0 Å². The van der Waals surface area contributed by atoms with Crippen molar-refractivity contribution in [2.24, 2.45) is 5.92 Å². The fraction of sp³-hybridized carbons (Fsp3) is 0.143. The SMILES string of the molecule is Nc1ncnc2nc(-c3ccc([As]CC4CC4)nc3)c(-c3ccccc3)c(-c3ccccc3)c12. The van der Waals surface area contributed by atoms with E-state index < -0.39 is 0 Å². The van der Waals surface area contributed by atoms with Crippen LogP contribution in [0.3, 0.4) is 0 Å². The van der Waals surface area contributed by atoms with E-state index in [9.17, 15) is 0 Å². The van der Waals surface area contributed by atoms with Crippen LogP contribution in [0.5, 0.6) is 0 Å². The van der Waals surface area contributed by atoms with Crippen LogP contribution in [0.1, 0.15) is 12.8 Å². The van der Waals surface area contributed by atoms with Crippen molar-refractivity contribution in [1.29, 1.82) is 0 Å². The van der Waals surface area contributed by atoms with Gasteiger partial charge in [-0.25, -0.2) is 0 Å². The van der Waals surface area contributed by atoms with E-state index in [1.165, 1.54) is 28.9 Å². The number of hydrogen-bond donors (Lipinski definition) is 1. The molecule has 1 aliphatic rings. The summed E-state index contributed by atoms with van der Waals surface area (Å²) in [5.74, 6) is 1.37. The second kappa shape index (κ2) is 9.00. The monoisotopic (exact) mass is 504 g/mol. The van der Waals surface area contributed by atoms with Gasteiger partial charge in [-0.2, -0.15) is 0 Å². The second-order valence-corrected chi connectivity index (χ2v) is 11.0. The third-order valence-electron chi connectivity index (χ3n) is 6.17. The summed E-state index contributed by atoms with van der Waals surface area (Å²) in [6.07, 6.45) is 6.23. The van der Waals surface area contributed by atoms with E-state index in [1.807, 2.05) is 42.6 Å². The average Bonchev–Trinajstić information content (AvgIpc) is 3.73. The molecule has 165 valence electrons. The summed E-state index contributed by atoms with van der Waals surface area (Å²) in [4.78, 5) is 18.7. The fourth-order valence-corrected chi connectivity index (χ4v) is 6.62. The number of anilines is 1. The van der Waals surface area contributed by atoms with Crippen molar-refractivity contribution < 1.29 is 0 Å². The number of nitrogens with two attached hydrogens (primary N) is 1. The van der Waals surface area contributed by atoms with Crippen LogP contribution >= 0.6 is 0 Å². The Hall–Kier alpha value is -3.56. The molecule has 0 amide bonds. The van der Waals surface area contributed by atoms with Gasteiger partial charge < -0.3 is 0 Å². The standard InChI is InChI=1S/C28H23AsN5/c30-27-25-23(19-7-3-1-4-8-19)24(20-9-5-2-6-10-20)26(34-28(25)33-17-32-27)21-13-14-22(31-16-21)29-15-18-11-12-18/h1-10,13-14,16-18H,11-12,15H2,(H2,30,32,33,34). The summed E-state index contributed by atoms with van der Waals surface area (Å²) in [5, 5.41) is 2.09. The van der Waals surface area contributed by atoms with Crippen LogP contribution in [0.2, 0.25) is 5.21 Å². The van der Waals surface area contributed by atoms with Gasteiger partial charge in [0, 0.05) is 0 Å². The van der Waals surface area contributed by atoms with Gasteiger partial charge in [-0.05, 0) is 0 Å². The molecule has 1 fully saturated rings. The molecule has 3 heterocycles. The van der Waals surface area contributed by atoms with Crippen LogP contribution in [0.4, 0.5) is 5.82 Å². The Morgan fingerprint density at radius 1 is 0.765 bits per heavy atom. The van der Waals surface area contributed by atoms with Gasteiger partial charge in [0.2, 0.25) is 0 Å². The van der Waals surface area contributed by atoms with Crippen molar-refractivity contribution in [3.05, 3.63) is 85.3 Å². The molecular weight excluding hydrogens is 481 g/mol. The first-order valence-corrected chi connectivity index (χ1v) is 13.7. The molecule has 0 aliphatic heterocycles. The molecule has 5 aromatic rings. The van der Waals surface area contributed by atoms with Gasteiger partial charge in [-0.1, -0.05) is 0 Å². The number of rotatable bonds is 6. The van der Waals surface area contributed by atoms with E-state index in [2.05, 4.69) is 46.4 Å². The summed E-state index contributed by atoms with van der Waals surface area (Å²) in [6, 6.07) is 25.0. The van der Waals surface area contributed by atoms with Crippen LogP contribution in [0, 0.1) is 5.92 Å². The zero-order valence-corrected chi connectivity index (χ0v) is 20.5. The molecule has 0 spiro atoms. The number of hydrogen-bond acceptors (Lipinski definition) is 5. The molecule has 34 heavy (non-hydrogen) atoms. The van der Waals surface area contributed by atoms with Crippen molar-refractivity contribution in [2.45, 2.75) is 18.1 Å². The number of fused-ring (bicyclic) bond motifs is 1. The van der Waals surface area contributed by atoms with Gasteiger partial charge in [0.25, 0.3) is 0 Å². The van der Waals surface area contributed by atoms with Gasteiger partial charge in [0.1, 0.15) is 0 Å². The average molecular weight is 504 g/mol. The molecule has 0 saturated heterocycles. The van der Waals surface area contributed by atoms with Crippen molar-refractivity contribution in [1.82, 2.24) is 19.9 Å². The minimum absolute atomic E-state index is 0.125. The van der Waals surface area contributed by atoms with Crippen LogP contribution in [-0.2, 0) is 0 Å². The van der Waals surface area contributed by atoms with Gasteiger partial charge >= 0.3 is 206 Å². The zero-order valence-electron chi connectivity index (χ0n) is 18.6. The summed E-state index contributed by atoms with van der Waals surface area (Å²) >= 11 is 0.125. The normalized spacial score (nSPS) is 13.6. The third-order valence-corrected chi connectivity index (χ3v) is 8.87. The maximum absolute atomic E-state index is 6.41. The van der Waals surface area contributed by atoms with Gasteiger partial charge in [-0.3, -0.25) is 0 Å². The molecule has 5 nitrogen and oxygen atoms in total. The van der Waals surface area contributed by atoms with E-state index in [1.54, 1.807) is 0 Å². The first kappa shape index (κ1) is 21.0. The molecule has 6 rings (SSSR count). The number of benzene rings is 2. The third kappa shape index (κ3) is 4.08. The topological polar surface area (TPSA) is 77.6 Å². The minimum atomic E-state index is 0.125. The molecule has 1 aliphatic carbocycles. The molecule has 0 unspecified atom stereocenters. The predicted molar refractivity (Wildman–Crippen MR) is 139 cm³/mol. The van der Waals surface area contributed by atoms with E-state index in [0.29, 0.717) is 11.5 Å². The summed E-state index contributed by atoms with van der Waals surface area (Å²) in [5.41, 5.74) is 13.0. The summed E-state index contributed by atoms with van der Waals surface area (Å²) < 4.78 is 1.23. The number of pyridine rings is 2. The molecular formula is C28H23AsN5. The molecule has 3 aromatic heterocycles. The Balaban J connectivity index is 1.61. The molecule has 1 radical (unpaired) electrons. The number of aromatic nitrogens is 4. The van der Waals surface area contributed by atoms with E-state index in [4.69, 9.17) is 15.7 Å². The fourth-order valence-electron chi connectivity index (χ4n) is 4.25. The van der Waals surface area contributed by atoms with Crippen LogP contribution < -0.4 is 10.2 Å². The molecule has 2 N–H and O–H groups in total. The Labute approximate surface area is 205 Å². The Bertz CT molecular complexity index is 1450. The van der Waals surface area contributed by atoms with Crippen molar-refractivity contribution in [3.8, 4) is 33.5 Å². The van der Waals surface area contributed by atoms with Crippen LogP contribution in [0.15, 0.2) is 85.3 Å². The Morgan fingerprint density at radius 2 is 1.47 bits per heavy atom. The summed E-state index contributed by atoms with van der Waals surface area (Å²) in [7, 11) is 0. The molecule has 0 bridgehead atoms. The number of nitrogens with zero attached hydrogens (tertiary/aromatic N) is 4. The van der Waals surface area contributed by atoms with Crippen molar-refractivity contribution >= 4 is 37.1 Å². The molecule has 6 heteroatoms. The first-order valence-electron chi connectivity index (χ1n) is 11.5. The van der Waals surface area contributed by atoms with E-state index in [-0.39, 0.29) is 15.8 Å². The van der Waals surface area contributed by atoms with Crippen molar-refractivity contribution in [2.75, 3.05) is 5.73 Å². The molecule has 0 atom stereocenters. The Kier molecular flexibility index (Phi) is 5.56. The Morgan fingerprint density at radius 3 is 2.12 bits per heavy atom. The number of nitrogen functional groups attached to an aromatic ring is 1. The van der Waals surface area contributed by atoms with Gasteiger partial charge in [0.05, 0.1) is 0 Å². The summed E-state index contributed by atoms with van der Waals surface area (Å²) in [6.45, 7) is 0. The van der Waals surface area contributed by atoms with E-state index in [0.717, 1.165) is 44.8 Å². The maximum atomic E-state index is 6.41. The molecule has 1 saturated carbocycles. The zero-order chi connectivity index (χ0) is 22.9. The van der Waals surface area contributed by atoms with Crippen LogP contribution in [0.25, 0.3) is 44.5 Å². The van der Waals surface area contributed by atoms with Crippen molar-refractivity contribution in [3.63, 3.8) is 0 Å². The van der Waals surface area contributed by atoms with Crippen LogP contribution in [-0.4, -0.2) is 35.7 Å². The molecule has 2 aromatic carbocycles. The van der Waals surface area contributed by atoms with Gasteiger partial charge in [-0.15, -0.1) is 0 Å². The predicted octanol–water partition coefficient (Wildman–Crippen LogP) is 5.16.